The van der Waals surface area contributed by atoms with Crippen molar-refractivity contribution in [3.8, 4) is 11.5 Å². The van der Waals surface area contributed by atoms with E-state index >= 15 is 0 Å². The van der Waals surface area contributed by atoms with Crippen LogP contribution in [0.15, 0.2) is 42.0 Å². The van der Waals surface area contributed by atoms with Gasteiger partial charge in [-0.1, -0.05) is 23.7 Å². The lowest BCUT2D eigenvalue weighted by molar-refractivity contribution is -0.139. The van der Waals surface area contributed by atoms with Crippen molar-refractivity contribution in [2.24, 2.45) is 0 Å². The molecule has 1 saturated heterocycles. The standard InChI is InChI=1S/C21H17ClN2O7/c1-11-3-5-13(22)9-15(11)24-20(28)14(19(27)23-21(24)29)7-12-4-6-16(17(8-12)30-2)31-10-18(25)26/h3-9H,10H2,1-2H3,(H,25,26)(H,23,27,29)/b14-7+. The molecular weight excluding hydrogens is 428 g/mol. The molecule has 10 heteroatoms. The molecule has 0 unspecified atom stereocenters. The van der Waals surface area contributed by atoms with E-state index in [1.807, 2.05) is 0 Å². The van der Waals surface area contributed by atoms with Crippen molar-refractivity contribution in [1.29, 1.82) is 0 Å². The number of rotatable bonds is 6. The van der Waals surface area contributed by atoms with Crippen LogP contribution in [0, 0.1) is 6.92 Å². The number of carboxylic acids is 1. The van der Waals surface area contributed by atoms with Crippen molar-refractivity contribution in [3.05, 3.63) is 58.1 Å². The first kappa shape index (κ1) is 21.8. The summed E-state index contributed by atoms with van der Waals surface area (Å²) in [7, 11) is 1.36. The Morgan fingerprint density at radius 3 is 2.58 bits per heavy atom. The molecule has 3 rings (SSSR count). The number of aryl methyl sites for hydroxylation is 1. The van der Waals surface area contributed by atoms with Crippen molar-refractivity contribution < 1.29 is 33.8 Å². The summed E-state index contributed by atoms with van der Waals surface area (Å²) in [5.41, 5.74) is 0.988. The van der Waals surface area contributed by atoms with Gasteiger partial charge in [0.15, 0.2) is 18.1 Å². The average Bonchev–Trinajstić information content (AvgIpc) is 2.72. The molecule has 1 aliphatic rings. The predicted molar refractivity (Wildman–Crippen MR) is 111 cm³/mol. The number of halogens is 1. The Morgan fingerprint density at radius 1 is 1.16 bits per heavy atom. The van der Waals surface area contributed by atoms with Crippen molar-refractivity contribution in [1.82, 2.24) is 5.32 Å². The lowest BCUT2D eigenvalue weighted by Crippen LogP contribution is -2.54. The average molecular weight is 445 g/mol. The number of carbonyl (C=O) groups is 4. The van der Waals surface area contributed by atoms with Gasteiger partial charge >= 0.3 is 12.0 Å². The van der Waals surface area contributed by atoms with Gasteiger partial charge in [-0.2, -0.15) is 0 Å². The first-order valence-electron chi connectivity index (χ1n) is 8.91. The molecule has 0 bridgehead atoms. The molecule has 0 aliphatic carbocycles. The van der Waals surface area contributed by atoms with Crippen LogP contribution in [0.2, 0.25) is 5.02 Å². The number of methoxy groups -OCH3 is 1. The van der Waals surface area contributed by atoms with Gasteiger partial charge in [0.1, 0.15) is 5.57 Å². The molecule has 1 aliphatic heterocycles. The van der Waals surface area contributed by atoms with E-state index in [2.05, 4.69) is 5.32 Å². The Balaban J connectivity index is 1.98. The number of urea groups is 1. The fourth-order valence-corrected chi connectivity index (χ4v) is 3.07. The second-order valence-corrected chi connectivity index (χ2v) is 6.92. The molecule has 0 radical (unpaired) electrons. The van der Waals surface area contributed by atoms with Crippen LogP contribution in [0.25, 0.3) is 6.08 Å². The van der Waals surface area contributed by atoms with E-state index < -0.39 is 30.4 Å². The monoisotopic (exact) mass is 444 g/mol. The summed E-state index contributed by atoms with van der Waals surface area (Å²) < 4.78 is 10.3. The first-order chi connectivity index (χ1) is 14.7. The van der Waals surface area contributed by atoms with Crippen molar-refractivity contribution in [2.45, 2.75) is 6.92 Å². The molecule has 0 saturated carbocycles. The minimum Gasteiger partial charge on any atom is -0.493 e. The molecule has 4 amide bonds. The smallest absolute Gasteiger partial charge is 0.341 e. The number of hydrogen-bond donors (Lipinski definition) is 2. The van der Waals surface area contributed by atoms with Crippen LogP contribution in [0.1, 0.15) is 11.1 Å². The second-order valence-electron chi connectivity index (χ2n) is 6.48. The summed E-state index contributed by atoms with van der Waals surface area (Å²) >= 11 is 6.01. The zero-order chi connectivity index (χ0) is 22.7. The third-order valence-corrected chi connectivity index (χ3v) is 4.60. The van der Waals surface area contributed by atoms with E-state index in [0.717, 1.165) is 4.90 Å². The third-order valence-electron chi connectivity index (χ3n) is 4.36. The van der Waals surface area contributed by atoms with Crippen LogP contribution >= 0.6 is 11.6 Å². The number of ether oxygens (including phenoxy) is 2. The van der Waals surface area contributed by atoms with Crippen molar-refractivity contribution >= 4 is 47.2 Å². The largest absolute Gasteiger partial charge is 0.493 e. The van der Waals surface area contributed by atoms with Crippen LogP contribution in [-0.4, -0.2) is 42.6 Å². The topological polar surface area (TPSA) is 122 Å². The van der Waals surface area contributed by atoms with Crippen molar-refractivity contribution in [2.75, 3.05) is 18.6 Å². The molecule has 2 aromatic rings. The van der Waals surface area contributed by atoms with Gasteiger partial charge in [-0.25, -0.2) is 14.5 Å². The van der Waals surface area contributed by atoms with E-state index in [9.17, 15) is 19.2 Å². The number of aliphatic carboxylic acids is 1. The summed E-state index contributed by atoms with van der Waals surface area (Å²) in [6.07, 6.45) is 1.29. The SMILES string of the molecule is COc1cc(/C=C2\C(=O)NC(=O)N(c3cc(Cl)ccc3C)C2=O)ccc1OCC(=O)O. The highest BCUT2D eigenvalue weighted by Gasteiger charge is 2.37. The van der Waals surface area contributed by atoms with E-state index in [1.54, 1.807) is 19.1 Å². The number of carbonyl (C=O) groups excluding carboxylic acids is 3. The summed E-state index contributed by atoms with van der Waals surface area (Å²) in [6, 6.07) is 8.28. The summed E-state index contributed by atoms with van der Waals surface area (Å²) in [5.74, 6) is -2.44. The Kier molecular flexibility index (Phi) is 6.26. The van der Waals surface area contributed by atoms with E-state index in [-0.39, 0.29) is 22.8 Å². The van der Waals surface area contributed by atoms with Gasteiger partial charge in [0.2, 0.25) is 0 Å². The summed E-state index contributed by atoms with van der Waals surface area (Å²) in [6.45, 7) is 1.14. The number of anilines is 1. The normalized spacial score (nSPS) is 15.1. The van der Waals surface area contributed by atoms with Gasteiger partial charge < -0.3 is 14.6 Å². The quantitative estimate of drug-likeness (QED) is 0.518. The Bertz CT molecular complexity index is 1130. The molecule has 9 nitrogen and oxygen atoms in total. The summed E-state index contributed by atoms with van der Waals surface area (Å²) in [4.78, 5) is 49.3. The number of barbiturate groups is 1. The highest BCUT2D eigenvalue weighted by Crippen LogP contribution is 2.31. The number of amides is 4. The maximum Gasteiger partial charge on any atom is 0.341 e. The number of benzene rings is 2. The molecule has 2 N–H and O–H groups in total. The number of hydrogen-bond acceptors (Lipinski definition) is 6. The number of nitrogens with one attached hydrogen (secondary N) is 1. The predicted octanol–water partition coefficient (Wildman–Crippen LogP) is 2.79. The Morgan fingerprint density at radius 2 is 1.90 bits per heavy atom. The Labute approximate surface area is 181 Å². The minimum atomic E-state index is -1.15. The maximum absolute atomic E-state index is 13.0. The van der Waals surface area contributed by atoms with Crippen LogP contribution < -0.4 is 19.7 Å². The fourth-order valence-electron chi connectivity index (χ4n) is 2.90. The van der Waals surface area contributed by atoms with Gasteiger partial charge in [-0.15, -0.1) is 0 Å². The molecule has 0 spiro atoms. The van der Waals surface area contributed by atoms with E-state index in [4.69, 9.17) is 26.2 Å². The highest BCUT2D eigenvalue weighted by atomic mass is 35.5. The van der Waals surface area contributed by atoms with Crippen LogP contribution in [0.3, 0.4) is 0 Å². The Hall–Kier alpha value is -3.85. The highest BCUT2D eigenvalue weighted by molar-refractivity contribution is 6.39. The first-order valence-corrected chi connectivity index (χ1v) is 9.29. The maximum atomic E-state index is 13.0. The van der Waals surface area contributed by atoms with Crippen molar-refractivity contribution in [3.63, 3.8) is 0 Å². The van der Waals surface area contributed by atoms with E-state index in [0.29, 0.717) is 16.1 Å². The summed E-state index contributed by atoms with van der Waals surface area (Å²) in [5, 5.41) is 11.2. The van der Waals surface area contributed by atoms with Gasteiger partial charge in [0.05, 0.1) is 12.8 Å². The molecule has 2 aromatic carbocycles. The van der Waals surface area contributed by atoms with Gasteiger partial charge in [0.25, 0.3) is 11.8 Å². The fraction of sp³-hybridized carbons (Fsp3) is 0.143. The molecule has 0 aromatic heterocycles. The second kappa shape index (κ2) is 8.88. The number of carboxylic acid groups (broad SMARTS) is 1. The van der Waals surface area contributed by atoms with Gasteiger partial charge in [-0.05, 0) is 48.4 Å². The minimum absolute atomic E-state index is 0.179. The molecule has 160 valence electrons. The molecular formula is C21H17ClN2O7. The third kappa shape index (κ3) is 4.67. The van der Waals surface area contributed by atoms with Crippen LogP contribution in [0.5, 0.6) is 11.5 Å². The zero-order valence-corrected chi connectivity index (χ0v) is 17.2. The van der Waals surface area contributed by atoms with Gasteiger partial charge in [-0.3, -0.25) is 14.9 Å². The number of imide groups is 2. The lowest BCUT2D eigenvalue weighted by Gasteiger charge is -2.27. The van der Waals surface area contributed by atoms with Crippen LogP contribution in [-0.2, 0) is 14.4 Å². The van der Waals surface area contributed by atoms with E-state index in [1.165, 1.54) is 37.5 Å². The van der Waals surface area contributed by atoms with Crippen LogP contribution in [0.4, 0.5) is 10.5 Å². The van der Waals surface area contributed by atoms with Gasteiger partial charge in [0, 0.05) is 5.02 Å². The molecule has 31 heavy (non-hydrogen) atoms. The lowest BCUT2D eigenvalue weighted by atomic mass is 10.1. The zero-order valence-electron chi connectivity index (χ0n) is 16.5. The molecule has 1 fully saturated rings. The molecule has 1 heterocycles. The number of nitrogens with zero attached hydrogens (tertiary/aromatic N) is 1. The molecule has 0 atom stereocenters.